The number of rotatable bonds is 5. The molecule has 0 saturated heterocycles. The first-order chi connectivity index (χ1) is 12.6. The zero-order valence-corrected chi connectivity index (χ0v) is 15.5. The molecule has 0 amide bonds. The average Bonchev–Trinajstić information content (AvgIpc) is 3.05. The number of hydrogen-bond acceptors (Lipinski definition) is 4. The lowest BCUT2D eigenvalue weighted by Gasteiger charge is -2.08. The Bertz CT molecular complexity index is 942. The van der Waals surface area contributed by atoms with Crippen LogP contribution in [0.2, 0.25) is 5.02 Å². The van der Waals surface area contributed by atoms with Gasteiger partial charge in [-0.2, -0.15) is 0 Å². The number of carbonyl (C=O) groups excluding carboxylic acids is 1. The third kappa shape index (κ3) is 4.07. The first-order valence-electron chi connectivity index (χ1n) is 7.97. The van der Waals surface area contributed by atoms with E-state index in [2.05, 4.69) is 20.8 Å². The van der Waals surface area contributed by atoms with Gasteiger partial charge in [0.15, 0.2) is 22.4 Å². The molecule has 0 spiro atoms. The number of thiocarbonyl (C=S) groups is 1. The molecule has 0 radical (unpaired) electrons. The fourth-order valence-electron chi connectivity index (χ4n) is 2.26. The van der Waals surface area contributed by atoms with E-state index >= 15 is 0 Å². The molecule has 0 bridgehead atoms. The summed E-state index contributed by atoms with van der Waals surface area (Å²) < 4.78 is 0. The summed E-state index contributed by atoms with van der Waals surface area (Å²) in [7, 11) is 0. The van der Waals surface area contributed by atoms with Crippen molar-refractivity contribution >= 4 is 46.2 Å². The SMILES string of the molecule is CCC(=O)c1nn(-c2ccccc2Cl)nc1NC(=S)Nc1ccccc1. The molecular weight excluding hydrogens is 370 g/mol. The normalized spacial score (nSPS) is 10.4. The summed E-state index contributed by atoms with van der Waals surface area (Å²) in [5.41, 5.74) is 1.62. The van der Waals surface area contributed by atoms with Crippen molar-refractivity contribution < 1.29 is 4.79 Å². The van der Waals surface area contributed by atoms with Crippen LogP contribution in [0.5, 0.6) is 0 Å². The molecule has 0 saturated carbocycles. The molecule has 8 heteroatoms. The van der Waals surface area contributed by atoms with Crippen molar-refractivity contribution in [2.75, 3.05) is 10.6 Å². The quantitative estimate of drug-likeness (QED) is 0.503. The number of carbonyl (C=O) groups is 1. The van der Waals surface area contributed by atoms with E-state index in [9.17, 15) is 4.79 Å². The van der Waals surface area contributed by atoms with Crippen molar-refractivity contribution in [1.82, 2.24) is 15.0 Å². The van der Waals surface area contributed by atoms with Gasteiger partial charge in [-0.3, -0.25) is 4.79 Å². The molecule has 0 aliphatic carbocycles. The van der Waals surface area contributed by atoms with E-state index in [0.717, 1.165) is 5.69 Å². The van der Waals surface area contributed by atoms with Crippen LogP contribution in [0.3, 0.4) is 0 Å². The molecule has 1 aromatic heterocycles. The van der Waals surface area contributed by atoms with Gasteiger partial charge in [-0.15, -0.1) is 15.0 Å². The topological polar surface area (TPSA) is 71.8 Å². The molecule has 26 heavy (non-hydrogen) atoms. The number of anilines is 2. The maximum atomic E-state index is 12.3. The highest BCUT2D eigenvalue weighted by Gasteiger charge is 2.19. The zero-order chi connectivity index (χ0) is 18.5. The summed E-state index contributed by atoms with van der Waals surface area (Å²) >= 11 is 11.5. The van der Waals surface area contributed by atoms with Gasteiger partial charge >= 0.3 is 0 Å². The lowest BCUT2D eigenvalue weighted by Crippen LogP contribution is -2.20. The molecule has 0 atom stereocenters. The predicted octanol–water partition coefficient (Wildman–Crippen LogP) is 4.32. The highest BCUT2D eigenvalue weighted by molar-refractivity contribution is 7.80. The molecule has 0 aliphatic heterocycles. The summed E-state index contributed by atoms with van der Waals surface area (Å²) in [6.07, 6.45) is 0.300. The van der Waals surface area contributed by atoms with E-state index < -0.39 is 0 Å². The summed E-state index contributed by atoms with van der Waals surface area (Å²) in [4.78, 5) is 13.6. The Labute approximate surface area is 161 Å². The number of nitrogens with zero attached hydrogens (tertiary/aromatic N) is 3. The number of ketones is 1. The lowest BCUT2D eigenvalue weighted by atomic mass is 10.2. The zero-order valence-electron chi connectivity index (χ0n) is 13.9. The first kappa shape index (κ1) is 18.0. The number of hydrogen-bond donors (Lipinski definition) is 2. The number of halogens is 1. The van der Waals surface area contributed by atoms with E-state index in [4.69, 9.17) is 23.8 Å². The van der Waals surface area contributed by atoms with Crippen molar-refractivity contribution in [1.29, 1.82) is 0 Å². The third-order valence-electron chi connectivity index (χ3n) is 3.53. The maximum absolute atomic E-state index is 12.3. The highest BCUT2D eigenvalue weighted by atomic mass is 35.5. The Balaban J connectivity index is 1.89. The van der Waals surface area contributed by atoms with Crippen LogP contribution in [0.25, 0.3) is 5.69 Å². The van der Waals surface area contributed by atoms with Gasteiger partial charge in [0.05, 0.1) is 5.02 Å². The Kier molecular flexibility index (Phi) is 5.60. The Morgan fingerprint density at radius 1 is 1.08 bits per heavy atom. The second-order valence-electron chi connectivity index (χ2n) is 5.36. The van der Waals surface area contributed by atoms with Crippen molar-refractivity contribution in [3.8, 4) is 5.69 Å². The van der Waals surface area contributed by atoms with Crippen LogP contribution in [-0.2, 0) is 0 Å². The molecule has 2 aromatic carbocycles. The van der Waals surface area contributed by atoms with Gasteiger partial charge in [0.2, 0.25) is 0 Å². The average molecular weight is 386 g/mol. The molecule has 2 N–H and O–H groups in total. The van der Waals surface area contributed by atoms with Crippen LogP contribution in [0, 0.1) is 0 Å². The fourth-order valence-corrected chi connectivity index (χ4v) is 2.68. The van der Waals surface area contributed by atoms with Crippen LogP contribution >= 0.6 is 23.8 Å². The second-order valence-corrected chi connectivity index (χ2v) is 6.18. The van der Waals surface area contributed by atoms with E-state index in [-0.39, 0.29) is 17.3 Å². The molecule has 6 nitrogen and oxygen atoms in total. The standard InChI is InChI=1S/C18H16ClN5OS/c1-2-15(25)16-17(21-18(26)20-12-8-4-3-5-9-12)23-24(22-16)14-11-7-6-10-13(14)19/h3-11H,2H2,1H3,(H2,20,21,23,26). The van der Waals surface area contributed by atoms with Crippen molar-refractivity contribution in [3.63, 3.8) is 0 Å². The summed E-state index contributed by atoms with van der Waals surface area (Å²) in [6, 6.07) is 16.6. The third-order valence-corrected chi connectivity index (χ3v) is 4.05. The van der Waals surface area contributed by atoms with Gasteiger partial charge in [-0.25, -0.2) is 0 Å². The largest absolute Gasteiger partial charge is 0.332 e. The molecular formula is C18H16ClN5OS. The summed E-state index contributed by atoms with van der Waals surface area (Å²) in [5, 5.41) is 15.4. The van der Waals surface area contributed by atoms with Crippen LogP contribution in [0.1, 0.15) is 23.8 Å². The molecule has 3 rings (SSSR count). The van der Waals surface area contributed by atoms with Crippen LogP contribution in [-0.4, -0.2) is 25.9 Å². The molecule has 132 valence electrons. The van der Waals surface area contributed by atoms with Gasteiger partial charge in [0, 0.05) is 12.1 Å². The summed E-state index contributed by atoms with van der Waals surface area (Å²) in [5.74, 6) is 0.138. The maximum Gasteiger partial charge on any atom is 0.186 e. The minimum absolute atomic E-state index is 0.145. The molecule has 3 aromatic rings. The smallest absolute Gasteiger partial charge is 0.186 e. The van der Waals surface area contributed by atoms with Gasteiger partial charge in [0.25, 0.3) is 0 Å². The first-order valence-corrected chi connectivity index (χ1v) is 8.75. The van der Waals surface area contributed by atoms with Crippen LogP contribution < -0.4 is 10.6 Å². The van der Waals surface area contributed by atoms with Crippen molar-refractivity contribution in [2.24, 2.45) is 0 Å². The Morgan fingerprint density at radius 3 is 2.46 bits per heavy atom. The van der Waals surface area contributed by atoms with Gasteiger partial charge in [-0.1, -0.05) is 48.9 Å². The van der Waals surface area contributed by atoms with Crippen LogP contribution in [0.4, 0.5) is 11.5 Å². The van der Waals surface area contributed by atoms with Crippen LogP contribution in [0.15, 0.2) is 54.6 Å². The monoisotopic (exact) mass is 385 g/mol. The number of nitrogens with one attached hydrogen (secondary N) is 2. The second kappa shape index (κ2) is 8.07. The van der Waals surface area contributed by atoms with Crippen molar-refractivity contribution in [3.05, 3.63) is 65.3 Å². The van der Waals surface area contributed by atoms with E-state index in [1.807, 2.05) is 42.5 Å². The summed E-state index contributed by atoms with van der Waals surface area (Å²) in [6.45, 7) is 1.77. The van der Waals surface area contributed by atoms with E-state index in [1.54, 1.807) is 19.1 Å². The number of para-hydroxylation sites is 2. The Hall–Kier alpha value is -2.77. The number of benzene rings is 2. The molecule has 0 unspecified atom stereocenters. The lowest BCUT2D eigenvalue weighted by molar-refractivity contribution is 0.0984. The fraction of sp³-hybridized carbons (Fsp3) is 0.111. The van der Waals surface area contributed by atoms with E-state index in [1.165, 1.54) is 4.80 Å². The number of Topliss-reactive ketones (excluding diaryl/α,β-unsaturated/α-hetero) is 1. The predicted molar refractivity (Wildman–Crippen MR) is 107 cm³/mol. The molecule has 0 aliphatic rings. The number of aromatic nitrogens is 3. The Morgan fingerprint density at radius 2 is 1.77 bits per heavy atom. The van der Waals surface area contributed by atoms with Gasteiger partial charge in [-0.05, 0) is 36.5 Å². The minimum Gasteiger partial charge on any atom is -0.332 e. The molecule has 1 heterocycles. The van der Waals surface area contributed by atoms with Crippen molar-refractivity contribution in [2.45, 2.75) is 13.3 Å². The van der Waals surface area contributed by atoms with Gasteiger partial charge in [0.1, 0.15) is 5.69 Å². The molecule has 0 fully saturated rings. The van der Waals surface area contributed by atoms with E-state index in [0.29, 0.717) is 22.2 Å². The highest BCUT2D eigenvalue weighted by Crippen LogP contribution is 2.21. The minimum atomic E-state index is -0.145. The van der Waals surface area contributed by atoms with Gasteiger partial charge < -0.3 is 10.6 Å².